The first-order chi connectivity index (χ1) is 21.8. The number of benzene rings is 2. The Morgan fingerprint density at radius 1 is 0.978 bits per heavy atom. The van der Waals surface area contributed by atoms with E-state index in [9.17, 15) is 4.79 Å². The first kappa shape index (κ1) is 32.2. The lowest BCUT2D eigenvalue weighted by Gasteiger charge is -2.50. The van der Waals surface area contributed by atoms with Gasteiger partial charge in [0.25, 0.3) is 5.56 Å². The van der Waals surface area contributed by atoms with E-state index in [0.717, 1.165) is 100 Å². The summed E-state index contributed by atoms with van der Waals surface area (Å²) in [5.74, 6) is 2.28. The Kier molecular flexibility index (Phi) is 9.98. The Morgan fingerprint density at radius 2 is 1.71 bits per heavy atom. The fraction of sp³-hybridized carbons (Fsp3) is 0.632. The van der Waals surface area contributed by atoms with Crippen molar-refractivity contribution < 1.29 is 4.74 Å². The number of piperidine rings is 2. The van der Waals surface area contributed by atoms with Crippen LogP contribution in [0.4, 0.5) is 5.69 Å². The van der Waals surface area contributed by atoms with Crippen molar-refractivity contribution in [3.63, 3.8) is 0 Å². The van der Waals surface area contributed by atoms with Gasteiger partial charge in [0.05, 0.1) is 28.6 Å². The quantitative estimate of drug-likeness (QED) is 0.273. The van der Waals surface area contributed by atoms with Gasteiger partial charge in [-0.25, -0.2) is 4.98 Å². The van der Waals surface area contributed by atoms with Crippen LogP contribution in [0, 0.1) is 11.8 Å². The third-order valence-corrected chi connectivity index (χ3v) is 10.6. The highest BCUT2D eigenvalue weighted by atomic mass is 16.5. The summed E-state index contributed by atoms with van der Waals surface area (Å²) in [6.07, 6.45) is 6.68. The van der Waals surface area contributed by atoms with Crippen molar-refractivity contribution in [1.82, 2.24) is 19.4 Å². The molecule has 4 atom stereocenters. The number of hydrogen-bond donors (Lipinski definition) is 0. The third kappa shape index (κ3) is 7.16. The van der Waals surface area contributed by atoms with Crippen LogP contribution in [0.5, 0.6) is 0 Å². The summed E-state index contributed by atoms with van der Waals surface area (Å²) >= 11 is 0. The van der Waals surface area contributed by atoms with Crippen molar-refractivity contribution in [2.24, 2.45) is 11.8 Å². The summed E-state index contributed by atoms with van der Waals surface area (Å²) < 4.78 is 8.68. The van der Waals surface area contributed by atoms with Gasteiger partial charge in [0.1, 0.15) is 5.82 Å². The largest absolute Gasteiger partial charge is 0.368 e. The Bertz CT molecular complexity index is 1470. The molecule has 4 heterocycles. The molecule has 0 unspecified atom stereocenters. The van der Waals surface area contributed by atoms with E-state index in [4.69, 9.17) is 9.72 Å². The number of aromatic nitrogens is 2. The molecule has 0 N–H and O–H groups in total. The van der Waals surface area contributed by atoms with Crippen LogP contribution in [0.25, 0.3) is 10.9 Å². The van der Waals surface area contributed by atoms with Crippen LogP contribution in [-0.2, 0) is 17.7 Å². The second-order valence-corrected chi connectivity index (χ2v) is 14.5. The molecule has 3 aromatic rings. The molecule has 0 amide bonds. The molecule has 244 valence electrons. The molecule has 7 nitrogen and oxygen atoms in total. The highest BCUT2D eigenvalue weighted by Crippen LogP contribution is 2.36. The van der Waals surface area contributed by atoms with Crippen LogP contribution in [0.2, 0.25) is 0 Å². The Balaban J connectivity index is 1.21. The second kappa shape index (κ2) is 13.9. The fourth-order valence-corrected chi connectivity index (χ4v) is 8.51. The van der Waals surface area contributed by atoms with E-state index in [0.29, 0.717) is 18.4 Å². The molecule has 0 bridgehead atoms. The van der Waals surface area contributed by atoms with Gasteiger partial charge in [0.2, 0.25) is 0 Å². The number of nitrogens with zero attached hydrogens (tertiary/aromatic N) is 5. The first-order valence-electron chi connectivity index (χ1n) is 17.7. The van der Waals surface area contributed by atoms with Crippen LogP contribution in [-0.4, -0.2) is 76.9 Å². The predicted octanol–water partition coefficient (Wildman–Crippen LogP) is 6.54. The predicted molar refractivity (Wildman–Crippen MR) is 185 cm³/mol. The summed E-state index contributed by atoms with van der Waals surface area (Å²) in [5, 5.41) is 0.734. The molecule has 0 saturated carbocycles. The van der Waals surface area contributed by atoms with Crippen LogP contribution in [0.1, 0.15) is 84.2 Å². The zero-order chi connectivity index (χ0) is 31.6. The number of ether oxygens (including phenoxy) is 1. The number of anilines is 1. The normalized spacial score (nSPS) is 25.2. The fourth-order valence-electron chi connectivity index (χ4n) is 8.51. The number of likely N-dealkylation sites (tertiary alicyclic amines) is 2. The zero-order valence-electron chi connectivity index (χ0n) is 28.4. The second-order valence-electron chi connectivity index (χ2n) is 14.5. The minimum Gasteiger partial charge on any atom is -0.368 e. The van der Waals surface area contributed by atoms with Gasteiger partial charge < -0.3 is 14.5 Å². The van der Waals surface area contributed by atoms with Crippen molar-refractivity contribution in [3.8, 4) is 0 Å². The summed E-state index contributed by atoms with van der Waals surface area (Å²) in [6, 6.07) is 17.4. The van der Waals surface area contributed by atoms with E-state index in [-0.39, 0.29) is 23.3 Å². The highest BCUT2D eigenvalue weighted by molar-refractivity contribution is 5.82. The van der Waals surface area contributed by atoms with Gasteiger partial charge >= 0.3 is 0 Å². The number of fused-ring (bicyclic) bond motifs is 1. The van der Waals surface area contributed by atoms with Crippen LogP contribution in [0.15, 0.2) is 53.3 Å². The minimum absolute atomic E-state index is 0.0984. The zero-order valence-corrected chi connectivity index (χ0v) is 28.4. The third-order valence-electron chi connectivity index (χ3n) is 10.6. The molecule has 0 aliphatic carbocycles. The minimum atomic E-state index is -0.141. The summed E-state index contributed by atoms with van der Waals surface area (Å²) in [4.78, 5) is 27.1. The Morgan fingerprint density at radius 3 is 2.40 bits per heavy atom. The summed E-state index contributed by atoms with van der Waals surface area (Å²) in [6.45, 7) is 19.0. The molecule has 3 saturated heterocycles. The molecule has 3 fully saturated rings. The maximum absolute atomic E-state index is 14.2. The average Bonchev–Trinajstić information content (AvgIpc) is 3.03. The maximum atomic E-state index is 14.2. The summed E-state index contributed by atoms with van der Waals surface area (Å²) in [7, 11) is 0. The lowest BCUT2D eigenvalue weighted by atomic mass is 9.88. The van der Waals surface area contributed by atoms with E-state index in [1.54, 1.807) is 0 Å². The molecule has 2 aromatic carbocycles. The van der Waals surface area contributed by atoms with Gasteiger partial charge in [-0.3, -0.25) is 14.3 Å². The molecule has 3 aliphatic heterocycles. The average molecular weight is 614 g/mol. The molecule has 1 aromatic heterocycles. The number of rotatable bonds is 9. The first-order valence-corrected chi connectivity index (χ1v) is 17.7. The number of hydrogen-bond acceptors (Lipinski definition) is 6. The van der Waals surface area contributed by atoms with Gasteiger partial charge in [-0.2, -0.15) is 0 Å². The lowest BCUT2D eigenvalue weighted by Crippen LogP contribution is -2.59. The van der Waals surface area contributed by atoms with Crippen molar-refractivity contribution in [2.45, 2.75) is 97.4 Å². The van der Waals surface area contributed by atoms with Gasteiger partial charge in [-0.05, 0) is 81.5 Å². The van der Waals surface area contributed by atoms with Crippen molar-refractivity contribution in [3.05, 3.63) is 70.3 Å². The van der Waals surface area contributed by atoms with E-state index < -0.39 is 0 Å². The highest BCUT2D eigenvalue weighted by Gasteiger charge is 2.42. The molecule has 7 heteroatoms. The summed E-state index contributed by atoms with van der Waals surface area (Å²) in [5.41, 5.74) is 3.30. The van der Waals surface area contributed by atoms with Gasteiger partial charge in [0, 0.05) is 58.0 Å². The SMILES string of the molecule is CCC[C@H](c1nc2ccc(N3C[C@H](C)OC4(CCN(CCc5ccccc5)CC4)C3)cc2c(=O)n1CC)N1C[C@H](C)C[C@H](C)C1. The smallest absolute Gasteiger partial charge is 0.261 e. The van der Waals surface area contributed by atoms with Crippen molar-refractivity contribution in [1.29, 1.82) is 0 Å². The molecular formula is C38H55N5O2. The Labute approximate surface area is 270 Å². The van der Waals surface area contributed by atoms with Gasteiger partial charge in [0.15, 0.2) is 0 Å². The van der Waals surface area contributed by atoms with Gasteiger partial charge in [-0.15, -0.1) is 0 Å². The van der Waals surface area contributed by atoms with Crippen LogP contribution >= 0.6 is 0 Å². The number of morpholine rings is 1. The Hall–Kier alpha value is -2.74. The lowest BCUT2D eigenvalue weighted by molar-refractivity contribution is -0.126. The van der Waals surface area contributed by atoms with E-state index >= 15 is 0 Å². The molecule has 3 aliphatic rings. The molecule has 1 spiro atoms. The van der Waals surface area contributed by atoms with Crippen LogP contribution < -0.4 is 10.5 Å². The van der Waals surface area contributed by atoms with E-state index in [1.807, 2.05) is 4.57 Å². The monoisotopic (exact) mass is 613 g/mol. The van der Waals surface area contributed by atoms with Crippen molar-refractivity contribution >= 4 is 16.6 Å². The topological polar surface area (TPSA) is 53.8 Å². The molecule has 45 heavy (non-hydrogen) atoms. The van der Waals surface area contributed by atoms with E-state index in [1.165, 1.54) is 12.0 Å². The molecular weight excluding hydrogens is 558 g/mol. The van der Waals surface area contributed by atoms with E-state index in [2.05, 4.69) is 97.8 Å². The molecule has 0 radical (unpaired) electrons. The van der Waals surface area contributed by atoms with Gasteiger partial charge in [-0.1, -0.05) is 57.5 Å². The standard InChI is InChI=1S/C38H55N5O2/c1-6-11-35(41-24-28(3)22-29(4)25-41)36-39-34-15-14-32(23-33(34)37(44)43(36)7-2)42-26-30(5)45-38(27-42)17-20-40(21-18-38)19-16-31-12-9-8-10-13-31/h8-10,12-15,23,28-30,35H,6-7,11,16-22,24-27H2,1-5H3/t28-,29+,30-,35+/m0/s1. The maximum Gasteiger partial charge on any atom is 0.261 e. The molecule has 6 rings (SSSR count). The van der Waals surface area contributed by atoms with Crippen LogP contribution in [0.3, 0.4) is 0 Å². The van der Waals surface area contributed by atoms with Crippen molar-refractivity contribution in [2.75, 3.05) is 50.7 Å².